The third kappa shape index (κ3) is 6.36. The predicted molar refractivity (Wildman–Crippen MR) is 117 cm³/mol. The Balaban J connectivity index is 1.69. The third-order valence-corrected chi connectivity index (χ3v) is 5.49. The van der Waals surface area contributed by atoms with Crippen molar-refractivity contribution in [2.45, 2.75) is 24.3 Å². The number of amides is 2. The van der Waals surface area contributed by atoms with Gasteiger partial charge in [-0.25, -0.2) is 9.59 Å². The molecule has 1 unspecified atom stereocenters. The van der Waals surface area contributed by atoms with Crippen LogP contribution in [0.1, 0.15) is 24.9 Å². The lowest BCUT2D eigenvalue weighted by Crippen LogP contribution is -2.47. The molecule has 31 heavy (non-hydrogen) atoms. The van der Waals surface area contributed by atoms with E-state index in [0.717, 1.165) is 10.5 Å². The van der Waals surface area contributed by atoms with E-state index < -0.39 is 24.0 Å². The zero-order valence-corrected chi connectivity index (χ0v) is 17.9. The van der Waals surface area contributed by atoms with Crippen molar-refractivity contribution >= 4 is 29.7 Å². The number of carbonyl (C=O) groups excluding carboxylic acids is 3. The minimum absolute atomic E-state index is 0.182. The molecule has 0 fully saturated rings. The zero-order valence-electron chi connectivity index (χ0n) is 17.1. The van der Waals surface area contributed by atoms with E-state index >= 15 is 0 Å². The van der Waals surface area contributed by atoms with Crippen molar-refractivity contribution in [1.29, 1.82) is 0 Å². The molecule has 0 bridgehead atoms. The van der Waals surface area contributed by atoms with Crippen LogP contribution in [0.25, 0.3) is 0 Å². The second-order valence-corrected chi connectivity index (χ2v) is 7.80. The summed E-state index contributed by atoms with van der Waals surface area (Å²) in [5, 5.41) is 5.33. The summed E-state index contributed by atoms with van der Waals surface area (Å²) in [7, 11) is 0. The monoisotopic (exact) mass is 440 g/mol. The molecular weight excluding hydrogens is 416 g/mol. The first-order valence-corrected chi connectivity index (χ1v) is 10.9. The van der Waals surface area contributed by atoms with Crippen LogP contribution in [0.5, 0.6) is 0 Å². The maximum atomic E-state index is 12.7. The second kappa shape index (κ2) is 11.2. The Morgan fingerprint density at radius 2 is 1.68 bits per heavy atom. The lowest BCUT2D eigenvalue weighted by molar-refractivity contribution is -0.143. The van der Waals surface area contributed by atoms with Crippen LogP contribution < -0.4 is 10.6 Å². The van der Waals surface area contributed by atoms with Gasteiger partial charge in [0.15, 0.2) is 0 Å². The molecule has 1 aliphatic heterocycles. The van der Waals surface area contributed by atoms with E-state index in [1.54, 1.807) is 30.8 Å². The topological polar surface area (TPSA) is 93.7 Å². The van der Waals surface area contributed by atoms with E-state index in [1.807, 2.05) is 48.5 Å². The first-order valence-electron chi connectivity index (χ1n) is 9.94. The molecule has 1 atom stereocenters. The fourth-order valence-electron chi connectivity index (χ4n) is 3.07. The number of thioether (sulfide) groups is 1. The Labute approximate surface area is 185 Å². The van der Waals surface area contributed by atoms with Gasteiger partial charge in [0, 0.05) is 10.6 Å². The van der Waals surface area contributed by atoms with Crippen LogP contribution in [-0.4, -0.2) is 36.9 Å². The number of urea groups is 1. The van der Waals surface area contributed by atoms with Gasteiger partial charge in [0.25, 0.3) is 0 Å². The average molecular weight is 441 g/mol. The number of ether oxygens (including phenoxy) is 2. The van der Waals surface area contributed by atoms with Gasteiger partial charge in [0.05, 0.1) is 30.3 Å². The quantitative estimate of drug-likeness (QED) is 0.457. The van der Waals surface area contributed by atoms with Crippen LogP contribution >= 0.6 is 11.8 Å². The maximum Gasteiger partial charge on any atom is 0.338 e. The van der Waals surface area contributed by atoms with Gasteiger partial charge in [-0.3, -0.25) is 4.79 Å². The summed E-state index contributed by atoms with van der Waals surface area (Å²) in [6.45, 7) is 1.66. The molecule has 0 saturated carbocycles. The molecule has 0 radical (unpaired) electrons. The maximum absolute atomic E-state index is 12.7. The van der Waals surface area contributed by atoms with Crippen LogP contribution in [0.15, 0.2) is 76.8 Å². The van der Waals surface area contributed by atoms with Gasteiger partial charge in [0.1, 0.15) is 6.61 Å². The van der Waals surface area contributed by atoms with Crippen molar-refractivity contribution in [3.63, 3.8) is 0 Å². The summed E-state index contributed by atoms with van der Waals surface area (Å²) in [5.41, 5.74) is 1.17. The number of esters is 2. The summed E-state index contributed by atoms with van der Waals surface area (Å²) >= 11 is 1.55. The zero-order chi connectivity index (χ0) is 22.1. The van der Waals surface area contributed by atoms with Crippen molar-refractivity contribution in [3.8, 4) is 0 Å². The Kier molecular flexibility index (Phi) is 8.12. The number of benzene rings is 2. The second-order valence-electron chi connectivity index (χ2n) is 6.63. The van der Waals surface area contributed by atoms with Crippen LogP contribution in [0.4, 0.5) is 4.79 Å². The number of hydrogen-bond acceptors (Lipinski definition) is 6. The van der Waals surface area contributed by atoms with Crippen LogP contribution in [0.3, 0.4) is 0 Å². The Bertz CT molecular complexity index is 947. The molecule has 0 aromatic heterocycles. The van der Waals surface area contributed by atoms with E-state index in [0.29, 0.717) is 5.75 Å². The molecule has 1 heterocycles. The van der Waals surface area contributed by atoms with Crippen molar-refractivity contribution in [1.82, 2.24) is 10.6 Å². The van der Waals surface area contributed by atoms with Gasteiger partial charge >= 0.3 is 18.0 Å². The Morgan fingerprint density at radius 3 is 2.35 bits per heavy atom. The van der Waals surface area contributed by atoms with Crippen molar-refractivity contribution in [2.24, 2.45) is 0 Å². The summed E-state index contributed by atoms with van der Waals surface area (Å²) in [4.78, 5) is 38.1. The minimum atomic E-state index is -0.698. The molecule has 1 aliphatic rings. The highest BCUT2D eigenvalue weighted by molar-refractivity contribution is 7.99. The molecule has 162 valence electrons. The lowest BCUT2D eigenvalue weighted by atomic mass is 9.95. The number of hydrogen-bond donors (Lipinski definition) is 2. The van der Waals surface area contributed by atoms with Gasteiger partial charge in [-0.15, -0.1) is 11.8 Å². The van der Waals surface area contributed by atoms with Gasteiger partial charge in [-0.1, -0.05) is 48.5 Å². The standard InChI is InChI=1S/C23H24N2O5S/c1-2-29-22(27)20-18(24-23(28)25-21(20)16-9-5-3-6-10-16)15-30-19(26)13-14-31-17-11-7-4-8-12-17/h3-12,21H,2,13-15H2,1H3,(H2,24,25,28). The fraction of sp³-hybridized carbons (Fsp3) is 0.261. The normalized spacial score (nSPS) is 15.6. The molecule has 2 aromatic rings. The molecule has 0 spiro atoms. The number of carbonyl (C=O) groups is 3. The molecular formula is C23H24N2O5S. The Morgan fingerprint density at radius 1 is 1.00 bits per heavy atom. The molecule has 2 aromatic carbocycles. The van der Waals surface area contributed by atoms with Gasteiger partial charge in [-0.05, 0) is 24.6 Å². The molecule has 7 nitrogen and oxygen atoms in total. The summed E-state index contributed by atoms with van der Waals surface area (Å²) < 4.78 is 10.5. The van der Waals surface area contributed by atoms with E-state index in [1.165, 1.54) is 0 Å². The van der Waals surface area contributed by atoms with Crippen LogP contribution in [0, 0.1) is 0 Å². The van der Waals surface area contributed by atoms with E-state index in [-0.39, 0.29) is 30.9 Å². The van der Waals surface area contributed by atoms with Gasteiger partial charge in [0.2, 0.25) is 0 Å². The predicted octanol–water partition coefficient (Wildman–Crippen LogP) is 3.58. The number of rotatable bonds is 9. The van der Waals surface area contributed by atoms with E-state index in [4.69, 9.17) is 9.47 Å². The highest BCUT2D eigenvalue weighted by Crippen LogP contribution is 2.28. The average Bonchev–Trinajstić information content (AvgIpc) is 2.78. The van der Waals surface area contributed by atoms with Crippen LogP contribution in [-0.2, 0) is 19.1 Å². The highest BCUT2D eigenvalue weighted by atomic mass is 32.2. The van der Waals surface area contributed by atoms with Gasteiger partial charge in [-0.2, -0.15) is 0 Å². The third-order valence-electron chi connectivity index (χ3n) is 4.48. The SMILES string of the molecule is CCOC(=O)C1=C(COC(=O)CCSc2ccccc2)NC(=O)NC1c1ccccc1. The van der Waals surface area contributed by atoms with E-state index in [9.17, 15) is 14.4 Å². The van der Waals surface area contributed by atoms with E-state index in [2.05, 4.69) is 10.6 Å². The molecule has 2 amide bonds. The van der Waals surface area contributed by atoms with Crippen molar-refractivity contribution in [2.75, 3.05) is 19.0 Å². The van der Waals surface area contributed by atoms with Gasteiger partial charge < -0.3 is 20.1 Å². The summed E-state index contributed by atoms with van der Waals surface area (Å²) in [5.74, 6) is -0.426. The van der Waals surface area contributed by atoms with Crippen molar-refractivity contribution < 1.29 is 23.9 Å². The van der Waals surface area contributed by atoms with Crippen molar-refractivity contribution in [3.05, 3.63) is 77.5 Å². The first kappa shape index (κ1) is 22.4. The summed E-state index contributed by atoms with van der Waals surface area (Å²) in [6.07, 6.45) is 0.204. The molecule has 0 saturated heterocycles. The lowest BCUT2D eigenvalue weighted by Gasteiger charge is -2.29. The van der Waals surface area contributed by atoms with Crippen LogP contribution in [0.2, 0.25) is 0 Å². The highest BCUT2D eigenvalue weighted by Gasteiger charge is 2.34. The molecule has 0 aliphatic carbocycles. The fourth-order valence-corrected chi connectivity index (χ4v) is 3.92. The minimum Gasteiger partial charge on any atom is -0.463 e. The molecule has 8 heteroatoms. The Hall–Kier alpha value is -3.26. The largest absolute Gasteiger partial charge is 0.463 e. The summed E-state index contributed by atoms with van der Waals surface area (Å²) in [6, 6.07) is 17.7. The number of nitrogens with one attached hydrogen (secondary N) is 2. The molecule has 2 N–H and O–H groups in total. The first-order chi connectivity index (χ1) is 15.1. The smallest absolute Gasteiger partial charge is 0.338 e. The molecule has 3 rings (SSSR count).